The lowest BCUT2D eigenvalue weighted by atomic mass is 10.0. The Morgan fingerprint density at radius 1 is 1.25 bits per heavy atom. The van der Waals surface area contributed by atoms with E-state index in [1.54, 1.807) is 18.2 Å². The number of carbonyl (C=O) groups is 4. The molecule has 32 heavy (non-hydrogen) atoms. The van der Waals surface area contributed by atoms with Crippen LogP contribution in [0.1, 0.15) is 39.9 Å². The number of carbonyl (C=O) groups excluding carboxylic acids is 4. The number of rotatable bonds is 8. The Hall–Kier alpha value is -3.75. The number of aryl methyl sites for hydroxylation is 1. The maximum absolute atomic E-state index is 14.7. The molecular weight excluding hydrogens is 415 g/mol. The molecule has 2 aromatic carbocycles. The smallest absolute Gasteiger partial charge is 0.254 e. The Morgan fingerprint density at radius 3 is 2.69 bits per heavy atom. The van der Waals surface area contributed by atoms with Gasteiger partial charge in [-0.15, -0.1) is 0 Å². The lowest BCUT2D eigenvalue weighted by Crippen LogP contribution is -2.51. The largest absolute Gasteiger partial charge is 0.381 e. The van der Waals surface area contributed by atoms with Crippen LogP contribution in [0.3, 0.4) is 0 Å². The zero-order valence-electron chi connectivity index (χ0n) is 17.9. The fourth-order valence-electron chi connectivity index (χ4n) is 3.70. The van der Waals surface area contributed by atoms with Crippen molar-refractivity contribution in [2.75, 3.05) is 12.4 Å². The highest BCUT2D eigenvalue weighted by atomic mass is 19.1. The summed E-state index contributed by atoms with van der Waals surface area (Å²) in [5, 5.41) is 7.85. The molecular formula is C23H25FN4O4. The second-order valence-corrected chi connectivity index (χ2v) is 7.56. The summed E-state index contributed by atoms with van der Waals surface area (Å²) in [6, 6.07) is 9.38. The van der Waals surface area contributed by atoms with Crippen molar-refractivity contribution in [1.82, 2.24) is 15.5 Å². The minimum atomic E-state index is -0.737. The van der Waals surface area contributed by atoms with E-state index in [2.05, 4.69) is 16.0 Å². The molecule has 0 aliphatic carbocycles. The van der Waals surface area contributed by atoms with Crippen LogP contribution < -0.4 is 16.0 Å². The Kier molecular flexibility index (Phi) is 7.19. The highest BCUT2D eigenvalue weighted by Gasteiger charge is 2.31. The molecule has 1 unspecified atom stereocenters. The van der Waals surface area contributed by atoms with E-state index in [-0.39, 0.29) is 37.4 Å². The highest BCUT2D eigenvalue weighted by Crippen LogP contribution is 2.25. The van der Waals surface area contributed by atoms with Crippen molar-refractivity contribution in [2.45, 2.75) is 38.9 Å². The normalized spacial score (nSPS) is 15.7. The Morgan fingerprint density at radius 2 is 2.00 bits per heavy atom. The summed E-state index contributed by atoms with van der Waals surface area (Å²) in [6.07, 6.45) is 1.03. The van der Waals surface area contributed by atoms with Gasteiger partial charge in [0.2, 0.25) is 18.2 Å². The van der Waals surface area contributed by atoms with E-state index < -0.39 is 23.7 Å². The number of halogens is 1. The van der Waals surface area contributed by atoms with Gasteiger partial charge in [-0.1, -0.05) is 24.3 Å². The molecule has 9 heteroatoms. The molecule has 3 N–H and O–H groups in total. The van der Waals surface area contributed by atoms with Gasteiger partial charge in [0.1, 0.15) is 11.9 Å². The molecule has 1 aliphatic heterocycles. The van der Waals surface area contributed by atoms with Gasteiger partial charge in [0, 0.05) is 37.8 Å². The standard InChI is InChI=1S/C23H25FN4O4/c1-14-5-3-8-18(26-11-15-6-4-7-16(21(15)24)22(31)25-2)17(14)12-28(13-29)19-9-10-20(30)27-23(19)32/h3-8,13,19,26H,9-12H2,1-2H3,(H,25,31)(H,27,30,32). The zero-order valence-corrected chi connectivity index (χ0v) is 17.9. The minimum Gasteiger partial charge on any atom is -0.381 e. The van der Waals surface area contributed by atoms with Crippen molar-refractivity contribution < 1.29 is 23.6 Å². The molecule has 1 aliphatic rings. The molecule has 4 amide bonds. The second-order valence-electron chi connectivity index (χ2n) is 7.56. The van der Waals surface area contributed by atoms with Crippen molar-refractivity contribution in [3.63, 3.8) is 0 Å². The summed E-state index contributed by atoms with van der Waals surface area (Å²) < 4.78 is 14.7. The summed E-state index contributed by atoms with van der Waals surface area (Å²) in [5.41, 5.74) is 2.60. The predicted molar refractivity (Wildman–Crippen MR) is 116 cm³/mol. The fraction of sp³-hybridized carbons (Fsp3) is 0.304. The molecule has 1 atom stereocenters. The first-order chi connectivity index (χ1) is 15.3. The van der Waals surface area contributed by atoms with Gasteiger partial charge in [0.25, 0.3) is 5.91 Å². The maximum atomic E-state index is 14.7. The molecule has 1 saturated heterocycles. The number of hydrogen-bond donors (Lipinski definition) is 3. The molecule has 2 aromatic rings. The van der Waals surface area contributed by atoms with Crippen LogP contribution >= 0.6 is 0 Å². The summed E-state index contributed by atoms with van der Waals surface area (Å²) in [6.45, 7) is 2.14. The first-order valence-corrected chi connectivity index (χ1v) is 10.2. The van der Waals surface area contributed by atoms with Gasteiger partial charge in [0.05, 0.1) is 5.56 Å². The van der Waals surface area contributed by atoms with Gasteiger partial charge in [-0.2, -0.15) is 0 Å². The Bertz CT molecular complexity index is 1060. The molecule has 3 rings (SSSR count). The van der Waals surface area contributed by atoms with E-state index in [0.717, 1.165) is 11.1 Å². The van der Waals surface area contributed by atoms with E-state index in [4.69, 9.17) is 0 Å². The topological polar surface area (TPSA) is 108 Å². The molecule has 0 bridgehead atoms. The number of hydrogen-bond acceptors (Lipinski definition) is 5. The number of imide groups is 1. The molecule has 0 saturated carbocycles. The van der Waals surface area contributed by atoms with Crippen LogP contribution in [-0.2, 0) is 27.5 Å². The van der Waals surface area contributed by atoms with Crippen LogP contribution in [0.25, 0.3) is 0 Å². The fourth-order valence-corrected chi connectivity index (χ4v) is 3.70. The summed E-state index contributed by atoms with van der Waals surface area (Å²) in [7, 11) is 1.44. The minimum absolute atomic E-state index is 0.0405. The SMILES string of the molecule is CNC(=O)c1cccc(CNc2cccc(C)c2CN(C=O)C2CCC(=O)NC2=O)c1F. The number of amides is 4. The molecule has 0 aromatic heterocycles. The summed E-state index contributed by atoms with van der Waals surface area (Å²) in [4.78, 5) is 48.6. The molecule has 1 heterocycles. The van der Waals surface area contributed by atoms with Crippen molar-refractivity contribution >= 4 is 29.8 Å². The van der Waals surface area contributed by atoms with E-state index in [1.807, 2.05) is 19.1 Å². The lowest BCUT2D eigenvalue weighted by Gasteiger charge is -2.31. The average molecular weight is 440 g/mol. The zero-order chi connectivity index (χ0) is 23.3. The van der Waals surface area contributed by atoms with Crippen LogP contribution in [0.2, 0.25) is 0 Å². The Labute approximate surface area is 185 Å². The molecule has 8 nitrogen and oxygen atoms in total. The maximum Gasteiger partial charge on any atom is 0.254 e. The van der Waals surface area contributed by atoms with Gasteiger partial charge in [-0.05, 0) is 36.6 Å². The van der Waals surface area contributed by atoms with Crippen molar-refractivity contribution in [1.29, 1.82) is 0 Å². The number of nitrogens with one attached hydrogen (secondary N) is 3. The predicted octanol–water partition coefficient (Wildman–Crippen LogP) is 1.87. The van der Waals surface area contributed by atoms with Crippen LogP contribution in [-0.4, -0.2) is 42.1 Å². The quantitative estimate of drug-likeness (QED) is 0.429. The lowest BCUT2D eigenvalue weighted by molar-refractivity contribution is -0.141. The second kappa shape index (κ2) is 10.0. The Balaban J connectivity index is 1.81. The summed E-state index contributed by atoms with van der Waals surface area (Å²) in [5.74, 6) is -1.96. The van der Waals surface area contributed by atoms with Crippen molar-refractivity contribution in [3.05, 3.63) is 64.5 Å². The van der Waals surface area contributed by atoms with Crippen molar-refractivity contribution in [3.8, 4) is 0 Å². The van der Waals surface area contributed by atoms with Gasteiger partial charge in [0.15, 0.2) is 0 Å². The highest BCUT2D eigenvalue weighted by molar-refractivity contribution is 6.00. The number of nitrogens with zero attached hydrogens (tertiary/aromatic N) is 1. The third kappa shape index (κ3) is 4.93. The van der Waals surface area contributed by atoms with Gasteiger partial charge in [-0.25, -0.2) is 4.39 Å². The van der Waals surface area contributed by atoms with Crippen LogP contribution in [0.5, 0.6) is 0 Å². The van der Waals surface area contributed by atoms with E-state index in [0.29, 0.717) is 17.7 Å². The monoisotopic (exact) mass is 440 g/mol. The molecule has 1 fully saturated rings. The van der Waals surface area contributed by atoms with Gasteiger partial charge >= 0.3 is 0 Å². The first-order valence-electron chi connectivity index (χ1n) is 10.2. The number of benzene rings is 2. The third-order valence-electron chi connectivity index (χ3n) is 5.52. The van der Waals surface area contributed by atoms with E-state index >= 15 is 0 Å². The molecule has 0 radical (unpaired) electrons. The summed E-state index contributed by atoms with van der Waals surface area (Å²) >= 11 is 0. The number of piperidine rings is 1. The van der Waals surface area contributed by atoms with Crippen LogP contribution in [0.4, 0.5) is 10.1 Å². The first kappa shape index (κ1) is 22.9. The van der Waals surface area contributed by atoms with Crippen LogP contribution in [0, 0.1) is 12.7 Å². The number of anilines is 1. The molecule has 0 spiro atoms. The van der Waals surface area contributed by atoms with E-state index in [9.17, 15) is 23.6 Å². The van der Waals surface area contributed by atoms with Crippen molar-refractivity contribution in [2.24, 2.45) is 0 Å². The average Bonchev–Trinajstić information content (AvgIpc) is 2.78. The third-order valence-corrected chi connectivity index (χ3v) is 5.52. The van der Waals surface area contributed by atoms with Gasteiger partial charge < -0.3 is 15.5 Å². The van der Waals surface area contributed by atoms with Gasteiger partial charge in [-0.3, -0.25) is 24.5 Å². The molecule has 168 valence electrons. The van der Waals surface area contributed by atoms with Crippen LogP contribution in [0.15, 0.2) is 36.4 Å². The van der Waals surface area contributed by atoms with E-state index in [1.165, 1.54) is 18.0 Å².